The zero-order valence-corrected chi connectivity index (χ0v) is 16.3. The van der Waals surface area contributed by atoms with Crippen molar-refractivity contribution in [1.82, 2.24) is 4.90 Å². The zero-order valence-electron chi connectivity index (χ0n) is 14.7. The number of nitrogens with zero attached hydrogens (tertiary/aromatic N) is 1. The van der Waals surface area contributed by atoms with Crippen LogP contribution in [0.3, 0.4) is 0 Å². The van der Waals surface area contributed by atoms with Crippen molar-refractivity contribution in [2.45, 2.75) is 31.1 Å². The summed E-state index contributed by atoms with van der Waals surface area (Å²) in [5, 5.41) is 0. The number of halogens is 1. The number of ether oxygens (including phenoxy) is 2. The SMILES string of the molecule is CC1(CN)CCN(C(=O)CCSc2ccc3c(c2)OCCCO3)C1.Cl. The molecule has 3 rings (SSSR count). The first-order valence-corrected chi connectivity index (χ1v) is 9.58. The minimum Gasteiger partial charge on any atom is -0.490 e. The van der Waals surface area contributed by atoms with Crippen molar-refractivity contribution in [3.05, 3.63) is 18.2 Å². The molecule has 1 atom stereocenters. The second-order valence-electron chi connectivity index (χ2n) is 6.84. The van der Waals surface area contributed by atoms with Gasteiger partial charge in [-0.15, -0.1) is 24.2 Å². The lowest BCUT2D eigenvalue weighted by Gasteiger charge is -2.22. The normalized spacial score (nSPS) is 22.2. The maximum atomic E-state index is 12.3. The number of hydrogen-bond acceptors (Lipinski definition) is 5. The minimum atomic E-state index is 0. The van der Waals surface area contributed by atoms with E-state index in [4.69, 9.17) is 15.2 Å². The van der Waals surface area contributed by atoms with E-state index in [1.165, 1.54) is 0 Å². The summed E-state index contributed by atoms with van der Waals surface area (Å²) in [7, 11) is 0. The van der Waals surface area contributed by atoms with Gasteiger partial charge in [-0.2, -0.15) is 0 Å². The van der Waals surface area contributed by atoms with Crippen molar-refractivity contribution >= 4 is 30.1 Å². The van der Waals surface area contributed by atoms with Crippen LogP contribution in [0.1, 0.15) is 26.2 Å². The zero-order chi connectivity index (χ0) is 17.0. The number of carbonyl (C=O) groups excluding carboxylic acids is 1. The fourth-order valence-corrected chi connectivity index (χ4v) is 3.92. The fourth-order valence-electron chi connectivity index (χ4n) is 3.05. The van der Waals surface area contributed by atoms with Gasteiger partial charge in [0.25, 0.3) is 0 Å². The lowest BCUT2D eigenvalue weighted by atomic mass is 9.90. The van der Waals surface area contributed by atoms with Crippen molar-refractivity contribution in [3.63, 3.8) is 0 Å². The molecular weight excluding hydrogens is 360 g/mol. The van der Waals surface area contributed by atoms with E-state index in [0.717, 1.165) is 48.1 Å². The highest BCUT2D eigenvalue weighted by Crippen LogP contribution is 2.34. The molecular formula is C18H27ClN2O3S. The third-order valence-electron chi connectivity index (χ3n) is 4.71. The summed E-state index contributed by atoms with van der Waals surface area (Å²) in [6, 6.07) is 6.00. The predicted molar refractivity (Wildman–Crippen MR) is 103 cm³/mol. The summed E-state index contributed by atoms with van der Waals surface area (Å²) >= 11 is 1.69. The van der Waals surface area contributed by atoms with Gasteiger partial charge in [0.2, 0.25) is 5.91 Å². The van der Waals surface area contributed by atoms with Gasteiger partial charge in [0.05, 0.1) is 13.2 Å². The van der Waals surface area contributed by atoms with E-state index in [1.54, 1.807) is 11.8 Å². The molecule has 1 fully saturated rings. The van der Waals surface area contributed by atoms with Crippen molar-refractivity contribution in [2.24, 2.45) is 11.1 Å². The van der Waals surface area contributed by atoms with Gasteiger partial charge >= 0.3 is 0 Å². The molecule has 0 aliphatic carbocycles. The number of benzene rings is 1. The van der Waals surface area contributed by atoms with Gasteiger partial charge in [-0.25, -0.2) is 0 Å². The average molecular weight is 387 g/mol. The molecule has 1 unspecified atom stereocenters. The van der Waals surface area contributed by atoms with Crippen LogP contribution in [0.15, 0.2) is 23.1 Å². The van der Waals surface area contributed by atoms with Crippen LogP contribution in [0.4, 0.5) is 0 Å². The molecule has 0 spiro atoms. The molecule has 1 amide bonds. The van der Waals surface area contributed by atoms with Crippen molar-refractivity contribution in [1.29, 1.82) is 0 Å². The molecule has 5 nitrogen and oxygen atoms in total. The number of thioether (sulfide) groups is 1. The highest BCUT2D eigenvalue weighted by Gasteiger charge is 2.34. The van der Waals surface area contributed by atoms with Gasteiger partial charge in [0.15, 0.2) is 11.5 Å². The van der Waals surface area contributed by atoms with Crippen LogP contribution >= 0.6 is 24.2 Å². The summed E-state index contributed by atoms with van der Waals surface area (Å²) in [6.45, 7) is 5.81. The van der Waals surface area contributed by atoms with E-state index < -0.39 is 0 Å². The number of likely N-dealkylation sites (tertiary alicyclic amines) is 1. The summed E-state index contributed by atoms with van der Waals surface area (Å²) in [6.07, 6.45) is 2.47. The maximum Gasteiger partial charge on any atom is 0.223 e. The molecule has 1 aromatic carbocycles. The van der Waals surface area contributed by atoms with E-state index in [1.807, 2.05) is 23.1 Å². The lowest BCUT2D eigenvalue weighted by Crippen LogP contribution is -2.34. The maximum absolute atomic E-state index is 12.3. The largest absolute Gasteiger partial charge is 0.490 e. The Morgan fingerprint density at radius 1 is 1.32 bits per heavy atom. The molecule has 2 aliphatic heterocycles. The van der Waals surface area contributed by atoms with Crippen LogP contribution in [-0.4, -0.2) is 49.4 Å². The van der Waals surface area contributed by atoms with E-state index in [0.29, 0.717) is 26.2 Å². The Bertz CT molecular complexity index is 602. The first-order valence-electron chi connectivity index (χ1n) is 8.60. The Labute approximate surface area is 160 Å². The Hall–Kier alpha value is -1.11. The van der Waals surface area contributed by atoms with Crippen LogP contribution in [-0.2, 0) is 4.79 Å². The first kappa shape index (κ1) is 20.2. The summed E-state index contributed by atoms with van der Waals surface area (Å²) in [5.41, 5.74) is 5.90. The predicted octanol–water partition coefficient (Wildman–Crippen LogP) is 2.95. The highest BCUT2D eigenvalue weighted by atomic mass is 35.5. The molecule has 140 valence electrons. The fraction of sp³-hybridized carbons (Fsp3) is 0.611. The van der Waals surface area contributed by atoms with Gasteiger partial charge in [0, 0.05) is 36.6 Å². The molecule has 1 aromatic rings. The third kappa shape index (κ3) is 5.19. The van der Waals surface area contributed by atoms with E-state index in [-0.39, 0.29) is 23.7 Å². The average Bonchev–Trinajstić information content (AvgIpc) is 2.84. The number of fused-ring (bicyclic) bond motifs is 1. The number of amides is 1. The van der Waals surface area contributed by atoms with E-state index >= 15 is 0 Å². The van der Waals surface area contributed by atoms with Gasteiger partial charge in [-0.3, -0.25) is 4.79 Å². The molecule has 0 saturated carbocycles. The standard InChI is InChI=1S/C18H26N2O3S.ClH/c1-18(12-19)6-7-20(13-18)17(21)5-10-24-14-3-4-15-16(11-14)23-9-2-8-22-15;/h3-4,11H,2,5-10,12-13,19H2,1H3;1H. The van der Waals surface area contributed by atoms with Gasteiger partial charge in [0.1, 0.15) is 0 Å². The Morgan fingerprint density at radius 3 is 2.80 bits per heavy atom. The molecule has 25 heavy (non-hydrogen) atoms. The van der Waals surface area contributed by atoms with Crippen LogP contribution in [0, 0.1) is 5.41 Å². The Morgan fingerprint density at radius 2 is 2.08 bits per heavy atom. The van der Waals surface area contributed by atoms with Crippen LogP contribution in [0.25, 0.3) is 0 Å². The second-order valence-corrected chi connectivity index (χ2v) is 8.01. The number of nitrogens with two attached hydrogens (primary N) is 1. The molecule has 2 aliphatic rings. The van der Waals surface area contributed by atoms with Crippen molar-refractivity contribution < 1.29 is 14.3 Å². The van der Waals surface area contributed by atoms with Gasteiger partial charge in [-0.1, -0.05) is 6.92 Å². The monoisotopic (exact) mass is 386 g/mol. The smallest absolute Gasteiger partial charge is 0.223 e. The topological polar surface area (TPSA) is 64.8 Å². The molecule has 0 aromatic heterocycles. The first-order chi connectivity index (χ1) is 11.6. The molecule has 2 heterocycles. The number of rotatable bonds is 5. The number of hydrogen-bond donors (Lipinski definition) is 1. The number of carbonyl (C=O) groups is 1. The highest BCUT2D eigenvalue weighted by molar-refractivity contribution is 7.99. The molecule has 1 saturated heterocycles. The van der Waals surface area contributed by atoms with Gasteiger partial charge < -0.3 is 20.1 Å². The summed E-state index contributed by atoms with van der Waals surface area (Å²) in [4.78, 5) is 15.4. The van der Waals surface area contributed by atoms with Crippen molar-refractivity contribution in [2.75, 3.05) is 38.6 Å². The Balaban J connectivity index is 0.00000225. The van der Waals surface area contributed by atoms with E-state index in [9.17, 15) is 4.79 Å². The summed E-state index contributed by atoms with van der Waals surface area (Å²) < 4.78 is 11.3. The van der Waals surface area contributed by atoms with Crippen LogP contribution < -0.4 is 15.2 Å². The third-order valence-corrected chi connectivity index (χ3v) is 5.70. The van der Waals surface area contributed by atoms with E-state index in [2.05, 4.69) is 6.92 Å². The quantitative estimate of drug-likeness (QED) is 0.788. The minimum absolute atomic E-state index is 0. The Kier molecular flexibility index (Phi) is 7.28. The summed E-state index contributed by atoms with van der Waals surface area (Å²) in [5.74, 6) is 2.62. The van der Waals surface area contributed by atoms with Gasteiger partial charge in [-0.05, 0) is 36.6 Å². The van der Waals surface area contributed by atoms with Crippen LogP contribution in [0.5, 0.6) is 11.5 Å². The lowest BCUT2D eigenvalue weighted by molar-refractivity contribution is -0.130. The molecule has 0 bridgehead atoms. The van der Waals surface area contributed by atoms with Crippen LogP contribution in [0.2, 0.25) is 0 Å². The molecule has 7 heteroatoms. The second kappa shape index (κ2) is 9.01. The van der Waals surface area contributed by atoms with Crippen molar-refractivity contribution in [3.8, 4) is 11.5 Å². The molecule has 0 radical (unpaired) electrons. The molecule has 2 N–H and O–H groups in total.